The molecular formula is C10H20N4. The van der Waals surface area contributed by atoms with Crippen molar-refractivity contribution in [1.82, 2.24) is 10.3 Å². The molecule has 14 heavy (non-hydrogen) atoms. The van der Waals surface area contributed by atoms with E-state index in [1.54, 1.807) is 24.5 Å². The van der Waals surface area contributed by atoms with E-state index in [1.807, 2.05) is 0 Å². The van der Waals surface area contributed by atoms with Crippen LogP contribution in [0.3, 0.4) is 0 Å². The fraction of sp³-hybridized carbons (Fsp3) is 0.500. The molecule has 0 amide bonds. The molecule has 0 radical (unpaired) electrons. The Kier molecular flexibility index (Phi) is 4.96. The summed E-state index contributed by atoms with van der Waals surface area (Å²) in [5.41, 5.74) is 11.6. The Balaban J connectivity index is 0.000000245. The number of nitrogens with zero attached hydrogens (tertiary/aromatic N) is 1. The van der Waals surface area contributed by atoms with E-state index >= 15 is 0 Å². The van der Waals surface area contributed by atoms with Crippen molar-refractivity contribution >= 4 is 5.69 Å². The molecule has 2 rings (SSSR count). The molecule has 1 atom stereocenters. The minimum Gasteiger partial charge on any atom is -0.397 e. The Morgan fingerprint density at radius 1 is 1.57 bits per heavy atom. The minimum atomic E-state index is 0. The van der Waals surface area contributed by atoms with E-state index < -0.39 is 0 Å². The molecule has 1 aromatic rings. The van der Waals surface area contributed by atoms with Gasteiger partial charge in [0, 0.05) is 26.4 Å². The number of aromatic nitrogens is 1. The molecule has 4 nitrogen and oxygen atoms in total. The van der Waals surface area contributed by atoms with Crippen LogP contribution in [-0.2, 0) is 0 Å². The second kappa shape index (κ2) is 6.34. The Morgan fingerprint density at radius 3 is 2.71 bits per heavy atom. The number of anilines is 1. The zero-order valence-electron chi connectivity index (χ0n) is 8.32. The van der Waals surface area contributed by atoms with Crippen molar-refractivity contribution in [3.63, 3.8) is 0 Å². The van der Waals surface area contributed by atoms with Gasteiger partial charge in [-0.1, -0.05) is 0 Å². The van der Waals surface area contributed by atoms with Crippen LogP contribution < -0.4 is 16.8 Å². The van der Waals surface area contributed by atoms with Crippen LogP contribution in [0.15, 0.2) is 24.5 Å². The number of nitrogens with one attached hydrogen (secondary N) is 1. The number of pyridine rings is 1. The normalized spacial score (nSPS) is 20.8. The van der Waals surface area contributed by atoms with Crippen LogP contribution in [0.2, 0.25) is 0 Å². The summed E-state index contributed by atoms with van der Waals surface area (Å²) < 4.78 is 0. The van der Waals surface area contributed by atoms with Gasteiger partial charge in [-0.2, -0.15) is 0 Å². The average Bonchev–Trinajstić information content (AvgIpc) is 2.21. The first-order valence-corrected chi connectivity index (χ1v) is 4.91. The molecule has 5 N–H and O–H groups in total. The molecule has 1 fully saturated rings. The molecule has 1 saturated heterocycles. The van der Waals surface area contributed by atoms with E-state index in [2.05, 4.69) is 10.3 Å². The SMILES string of the molecule is NC1CCCNC1.Nc1cccnc1.[HH]. The summed E-state index contributed by atoms with van der Waals surface area (Å²) in [6.45, 7) is 2.17. The predicted molar refractivity (Wildman–Crippen MR) is 60.8 cm³/mol. The number of hydrogen-bond donors (Lipinski definition) is 3. The first-order chi connectivity index (χ1) is 6.79. The molecule has 2 heterocycles. The lowest BCUT2D eigenvalue weighted by molar-refractivity contribution is 0.459. The van der Waals surface area contributed by atoms with Gasteiger partial charge in [-0.25, -0.2) is 0 Å². The summed E-state index contributed by atoms with van der Waals surface area (Å²) in [4.78, 5) is 3.76. The van der Waals surface area contributed by atoms with Crippen LogP contribution in [-0.4, -0.2) is 24.1 Å². The summed E-state index contributed by atoms with van der Waals surface area (Å²) in [6, 6.07) is 4.02. The molecule has 1 aliphatic heterocycles. The Labute approximate surface area is 86.2 Å². The largest absolute Gasteiger partial charge is 0.397 e. The standard InChI is InChI=1S/C5H12N2.C5H6N2.H2/c2*6-5-2-1-3-7-4-5;/h5,7H,1-4,6H2;1-4H,6H2;1H. The molecule has 0 spiro atoms. The van der Waals surface area contributed by atoms with E-state index in [4.69, 9.17) is 11.5 Å². The van der Waals surface area contributed by atoms with Crippen LogP contribution in [0.1, 0.15) is 14.3 Å². The number of hydrogen-bond acceptors (Lipinski definition) is 4. The van der Waals surface area contributed by atoms with Gasteiger partial charge >= 0.3 is 0 Å². The van der Waals surface area contributed by atoms with Gasteiger partial charge in [-0.05, 0) is 31.5 Å². The van der Waals surface area contributed by atoms with Gasteiger partial charge < -0.3 is 16.8 Å². The maximum Gasteiger partial charge on any atom is 0.0500 e. The van der Waals surface area contributed by atoms with E-state index in [0.717, 1.165) is 13.1 Å². The maximum atomic E-state index is 5.57. The first kappa shape index (κ1) is 10.9. The fourth-order valence-corrected chi connectivity index (χ4v) is 1.25. The molecule has 0 aromatic carbocycles. The molecule has 0 aliphatic carbocycles. The highest BCUT2D eigenvalue weighted by atomic mass is 14.9. The number of nitrogens with two attached hydrogens (primary N) is 2. The topological polar surface area (TPSA) is 77.0 Å². The van der Waals surface area contributed by atoms with Gasteiger partial charge in [-0.3, -0.25) is 4.98 Å². The van der Waals surface area contributed by atoms with Gasteiger partial charge in [0.25, 0.3) is 0 Å². The van der Waals surface area contributed by atoms with E-state index in [0.29, 0.717) is 11.7 Å². The second-order valence-electron chi connectivity index (χ2n) is 3.39. The third-order valence-corrected chi connectivity index (χ3v) is 2.02. The summed E-state index contributed by atoms with van der Waals surface area (Å²) in [7, 11) is 0. The van der Waals surface area contributed by atoms with Gasteiger partial charge in [-0.15, -0.1) is 0 Å². The van der Waals surface area contributed by atoms with Crippen molar-refractivity contribution in [3.05, 3.63) is 24.5 Å². The number of rotatable bonds is 0. The predicted octanol–water partition coefficient (Wildman–Crippen LogP) is 0.607. The number of piperidine rings is 1. The van der Waals surface area contributed by atoms with Gasteiger partial charge in [0.05, 0.1) is 5.69 Å². The summed E-state index contributed by atoms with van der Waals surface area (Å²) in [5, 5.41) is 3.21. The first-order valence-electron chi connectivity index (χ1n) is 4.91. The molecule has 1 unspecified atom stereocenters. The Bertz CT molecular complexity index is 236. The van der Waals surface area contributed by atoms with Crippen LogP contribution in [0.4, 0.5) is 5.69 Å². The van der Waals surface area contributed by atoms with Crippen molar-refractivity contribution in [2.24, 2.45) is 5.73 Å². The van der Waals surface area contributed by atoms with E-state index in [1.165, 1.54) is 12.8 Å². The van der Waals surface area contributed by atoms with E-state index in [-0.39, 0.29) is 1.43 Å². The third kappa shape index (κ3) is 4.79. The lowest BCUT2D eigenvalue weighted by Gasteiger charge is -2.17. The summed E-state index contributed by atoms with van der Waals surface area (Å²) in [6.07, 6.45) is 5.75. The van der Waals surface area contributed by atoms with Crippen molar-refractivity contribution in [2.45, 2.75) is 18.9 Å². The minimum absolute atomic E-state index is 0. The van der Waals surface area contributed by atoms with E-state index in [9.17, 15) is 0 Å². The fourth-order valence-electron chi connectivity index (χ4n) is 1.25. The zero-order chi connectivity index (χ0) is 10.2. The lowest BCUT2D eigenvalue weighted by atomic mass is 10.1. The maximum absolute atomic E-state index is 5.57. The highest BCUT2D eigenvalue weighted by molar-refractivity contribution is 5.32. The highest BCUT2D eigenvalue weighted by Gasteiger charge is 2.05. The van der Waals surface area contributed by atoms with Gasteiger partial charge in [0.1, 0.15) is 0 Å². The van der Waals surface area contributed by atoms with Crippen LogP contribution in [0.25, 0.3) is 0 Å². The lowest BCUT2D eigenvalue weighted by Crippen LogP contribution is -2.39. The zero-order valence-corrected chi connectivity index (χ0v) is 8.32. The summed E-state index contributed by atoms with van der Waals surface area (Å²) >= 11 is 0. The second-order valence-corrected chi connectivity index (χ2v) is 3.39. The van der Waals surface area contributed by atoms with Crippen LogP contribution in [0.5, 0.6) is 0 Å². The van der Waals surface area contributed by atoms with Crippen molar-refractivity contribution in [3.8, 4) is 0 Å². The Morgan fingerprint density at radius 2 is 2.43 bits per heavy atom. The van der Waals surface area contributed by atoms with Crippen LogP contribution in [0, 0.1) is 0 Å². The monoisotopic (exact) mass is 196 g/mol. The molecule has 1 aromatic heterocycles. The molecule has 80 valence electrons. The molecule has 1 aliphatic rings. The number of nitrogen functional groups attached to an aromatic ring is 1. The average molecular weight is 196 g/mol. The van der Waals surface area contributed by atoms with Crippen molar-refractivity contribution in [2.75, 3.05) is 18.8 Å². The van der Waals surface area contributed by atoms with Crippen LogP contribution >= 0.6 is 0 Å². The molecule has 0 bridgehead atoms. The van der Waals surface area contributed by atoms with Gasteiger partial charge in [0.15, 0.2) is 0 Å². The van der Waals surface area contributed by atoms with Gasteiger partial charge in [0.2, 0.25) is 0 Å². The summed E-state index contributed by atoms with van der Waals surface area (Å²) in [5.74, 6) is 0. The molecule has 0 saturated carbocycles. The highest BCUT2D eigenvalue weighted by Crippen LogP contribution is 1.96. The smallest absolute Gasteiger partial charge is 0.0500 e. The molecule has 4 heteroatoms. The third-order valence-electron chi connectivity index (χ3n) is 2.02. The Hall–Kier alpha value is -1.13. The van der Waals surface area contributed by atoms with Crippen molar-refractivity contribution < 1.29 is 1.43 Å². The molecular weight excluding hydrogens is 176 g/mol. The van der Waals surface area contributed by atoms with Crippen molar-refractivity contribution in [1.29, 1.82) is 0 Å². The quantitative estimate of drug-likeness (QED) is 0.568.